The third kappa shape index (κ3) is 3.36. The Hall–Kier alpha value is -0.545. The van der Waals surface area contributed by atoms with E-state index in [1.54, 1.807) is 0 Å². The molecule has 0 spiro atoms. The van der Waals surface area contributed by atoms with E-state index in [1.165, 1.54) is 0 Å². The molecule has 1 rings (SSSR count). The number of ether oxygens (including phenoxy) is 1. The molecule has 0 radical (unpaired) electrons. The number of nitrogens with zero attached hydrogens (tertiary/aromatic N) is 1. The van der Waals surface area contributed by atoms with Gasteiger partial charge in [-0.1, -0.05) is 0 Å². The van der Waals surface area contributed by atoms with Gasteiger partial charge in [0, 0.05) is 25.7 Å². The Kier molecular flexibility index (Phi) is 4.25. The van der Waals surface area contributed by atoms with Gasteiger partial charge in [-0.25, -0.2) is 0 Å². The Morgan fingerprint density at radius 3 is 3.15 bits per heavy atom. The molecule has 1 saturated heterocycles. The molecule has 1 aliphatic heterocycles. The van der Waals surface area contributed by atoms with Gasteiger partial charge in [0.15, 0.2) is 0 Å². The summed E-state index contributed by atoms with van der Waals surface area (Å²) < 4.78 is 4.89. The van der Waals surface area contributed by atoms with E-state index >= 15 is 0 Å². The summed E-state index contributed by atoms with van der Waals surface area (Å²) in [6.45, 7) is 7.27. The van der Waals surface area contributed by atoms with Crippen LogP contribution in [0.25, 0.3) is 0 Å². The van der Waals surface area contributed by atoms with Crippen LogP contribution in [0.15, 0.2) is 0 Å². The lowest BCUT2D eigenvalue weighted by Crippen LogP contribution is -2.52. The Balaban J connectivity index is 2.29. The van der Waals surface area contributed by atoms with Crippen molar-refractivity contribution in [3.63, 3.8) is 0 Å². The van der Waals surface area contributed by atoms with Crippen LogP contribution in [0, 0.1) is 0 Å². The monoisotopic (exact) mass is 184 g/mol. The first-order valence-corrected chi connectivity index (χ1v) is 4.84. The molecule has 0 aromatic rings. The maximum absolute atomic E-state index is 11.2. The molecule has 1 fully saturated rings. The van der Waals surface area contributed by atoms with Gasteiger partial charge in [-0.15, -0.1) is 0 Å². The first kappa shape index (κ1) is 10.5. The highest BCUT2D eigenvalue weighted by molar-refractivity contribution is 6.69. The lowest BCUT2D eigenvalue weighted by atomic mass is 9.88. The molecule has 0 bridgehead atoms. The largest absolute Gasteiger partial charge is 0.473 e. The standard InChI is InChI=1S/C8H17BN2O2/c1-3-13-8(12)9-11-5-4-10-6-7(11)2/h7,9-10H,3-6H2,1-2H3. The van der Waals surface area contributed by atoms with Crippen LogP contribution in [0.1, 0.15) is 13.8 Å². The van der Waals surface area contributed by atoms with Crippen LogP contribution in [-0.2, 0) is 4.74 Å². The average Bonchev–Trinajstić information content (AvgIpc) is 2.09. The molecule has 1 N–H and O–H groups in total. The SMILES string of the molecule is CCOC(=O)BN1CCNCC1C. The summed E-state index contributed by atoms with van der Waals surface area (Å²) >= 11 is 0. The number of rotatable bonds is 3. The lowest BCUT2D eigenvalue weighted by Gasteiger charge is -2.32. The third-order valence-corrected chi connectivity index (χ3v) is 2.28. The Morgan fingerprint density at radius 2 is 2.54 bits per heavy atom. The van der Waals surface area contributed by atoms with Gasteiger partial charge in [0.05, 0.1) is 6.61 Å². The smallest absolute Gasteiger partial charge is 0.341 e. The van der Waals surface area contributed by atoms with E-state index in [4.69, 9.17) is 4.74 Å². The van der Waals surface area contributed by atoms with Gasteiger partial charge < -0.3 is 14.9 Å². The molecule has 1 aliphatic rings. The van der Waals surface area contributed by atoms with Crippen LogP contribution in [-0.4, -0.2) is 50.4 Å². The number of carbonyl (C=O) groups excluding carboxylic acids is 1. The van der Waals surface area contributed by atoms with Gasteiger partial charge in [-0.05, 0) is 13.8 Å². The van der Waals surface area contributed by atoms with Crippen molar-refractivity contribution in [3.05, 3.63) is 0 Å². The van der Waals surface area contributed by atoms with E-state index in [0.717, 1.165) is 19.6 Å². The van der Waals surface area contributed by atoms with Gasteiger partial charge >= 0.3 is 7.41 Å². The zero-order valence-electron chi connectivity index (χ0n) is 8.38. The molecule has 1 atom stereocenters. The number of hydrogen-bond acceptors (Lipinski definition) is 4. The molecule has 0 saturated carbocycles. The first-order valence-electron chi connectivity index (χ1n) is 4.84. The molecular weight excluding hydrogens is 167 g/mol. The molecule has 4 nitrogen and oxygen atoms in total. The maximum Gasteiger partial charge on any atom is 0.341 e. The average molecular weight is 184 g/mol. The van der Waals surface area contributed by atoms with Crippen LogP contribution >= 0.6 is 0 Å². The van der Waals surface area contributed by atoms with Crippen molar-refractivity contribution in [2.24, 2.45) is 0 Å². The number of piperazine rings is 1. The van der Waals surface area contributed by atoms with Crippen molar-refractivity contribution in [1.82, 2.24) is 10.1 Å². The summed E-state index contributed by atoms with van der Waals surface area (Å²) in [5.74, 6) is -0.115. The molecular formula is C8H17BN2O2. The summed E-state index contributed by atoms with van der Waals surface area (Å²) in [6, 6.07) is 0.429. The van der Waals surface area contributed by atoms with E-state index in [9.17, 15) is 4.79 Å². The van der Waals surface area contributed by atoms with Crippen LogP contribution in [0.4, 0.5) is 4.79 Å². The minimum atomic E-state index is -0.115. The molecule has 13 heavy (non-hydrogen) atoms. The summed E-state index contributed by atoms with van der Waals surface area (Å²) in [4.78, 5) is 13.3. The fourth-order valence-electron chi connectivity index (χ4n) is 1.49. The lowest BCUT2D eigenvalue weighted by molar-refractivity contribution is 0.174. The quantitative estimate of drug-likeness (QED) is 0.616. The van der Waals surface area contributed by atoms with E-state index in [2.05, 4.69) is 17.1 Å². The van der Waals surface area contributed by atoms with E-state index in [0.29, 0.717) is 20.1 Å². The van der Waals surface area contributed by atoms with E-state index < -0.39 is 0 Å². The molecule has 74 valence electrons. The van der Waals surface area contributed by atoms with E-state index in [-0.39, 0.29) is 5.87 Å². The Labute approximate surface area is 79.9 Å². The molecule has 5 heteroatoms. The Bertz CT molecular complexity index is 178. The van der Waals surface area contributed by atoms with Gasteiger partial charge in [0.1, 0.15) is 0 Å². The third-order valence-electron chi connectivity index (χ3n) is 2.28. The fourth-order valence-corrected chi connectivity index (χ4v) is 1.49. The summed E-state index contributed by atoms with van der Waals surface area (Å²) in [7, 11) is 0.427. The van der Waals surface area contributed by atoms with Crippen LogP contribution in [0.5, 0.6) is 0 Å². The zero-order valence-corrected chi connectivity index (χ0v) is 8.38. The predicted molar refractivity (Wildman–Crippen MR) is 53.2 cm³/mol. The number of nitrogens with one attached hydrogen (secondary N) is 1. The van der Waals surface area contributed by atoms with Gasteiger partial charge in [0.2, 0.25) is 0 Å². The van der Waals surface area contributed by atoms with Crippen LogP contribution in [0.3, 0.4) is 0 Å². The molecule has 0 aromatic heterocycles. The maximum atomic E-state index is 11.2. The molecule has 0 aliphatic carbocycles. The highest BCUT2D eigenvalue weighted by atomic mass is 16.5. The van der Waals surface area contributed by atoms with Crippen molar-refractivity contribution in [2.45, 2.75) is 19.9 Å². The molecule has 0 aromatic carbocycles. The van der Waals surface area contributed by atoms with Crippen LogP contribution in [0.2, 0.25) is 0 Å². The fraction of sp³-hybridized carbons (Fsp3) is 0.875. The van der Waals surface area contributed by atoms with Crippen molar-refractivity contribution < 1.29 is 9.53 Å². The topological polar surface area (TPSA) is 41.6 Å². The van der Waals surface area contributed by atoms with Gasteiger partial charge in [-0.2, -0.15) is 0 Å². The number of carbonyl (C=O) groups is 1. The zero-order chi connectivity index (χ0) is 9.68. The molecule has 0 amide bonds. The first-order chi connectivity index (χ1) is 6.24. The highest BCUT2D eigenvalue weighted by Crippen LogP contribution is 2.00. The second-order valence-electron chi connectivity index (χ2n) is 3.33. The van der Waals surface area contributed by atoms with E-state index in [1.807, 2.05) is 6.92 Å². The van der Waals surface area contributed by atoms with Crippen molar-refractivity contribution in [2.75, 3.05) is 26.2 Å². The van der Waals surface area contributed by atoms with Gasteiger partial charge in [-0.3, -0.25) is 4.79 Å². The molecule has 1 heterocycles. The second-order valence-corrected chi connectivity index (χ2v) is 3.33. The summed E-state index contributed by atoms with van der Waals surface area (Å²) in [5.41, 5.74) is 0. The predicted octanol–water partition coefficient (Wildman–Crippen LogP) is -0.212. The van der Waals surface area contributed by atoms with Crippen molar-refractivity contribution >= 4 is 13.3 Å². The Morgan fingerprint density at radius 1 is 1.77 bits per heavy atom. The molecule has 1 unspecified atom stereocenters. The van der Waals surface area contributed by atoms with Gasteiger partial charge in [0.25, 0.3) is 5.87 Å². The minimum Gasteiger partial charge on any atom is -0.473 e. The highest BCUT2D eigenvalue weighted by Gasteiger charge is 2.22. The summed E-state index contributed by atoms with van der Waals surface area (Å²) in [5, 5.41) is 3.28. The van der Waals surface area contributed by atoms with Crippen molar-refractivity contribution in [1.29, 1.82) is 0 Å². The van der Waals surface area contributed by atoms with Crippen molar-refractivity contribution in [3.8, 4) is 0 Å². The normalized spacial score (nSPS) is 24.0. The minimum absolute atomic E-state index is 0.115. The summed E-state index contributed by atoms with van der Waals surface area (Å²) in [6.07, 6.45) is 0. The number of hydrogen-bond donors (Lipinski definition) is 1. The van der Waals surface area contributed by atoms with Crippen LogP contribution < -0.4 is 5.32 Å². The second kappa shape index (κ2) is 5.24.